The first-order valence-electron chi connectivity index (χ1n) is 7.92. The maximum absolute atomic E-state index is 12.8. The molecule has 3 rings (SSSR count). The second-order valence-corrected chi connectivity index (χ2v) is 7.42. The first kappa shape index (κ1) is 16.6. The van der Waals surface area contributed by atoms with E-state index < -0.39 is 4.92 Å². The number of benzene rings is 1. The highest BCUT2D eigenvalue weighted by Crippen LogP contribution is 2.31. The molecule has 2 aromatic rings. The number of piperidine rings is 1. The Bertz CT molecular complexity index is 787. The lowest BCUT2D eigenvalue weighted by Gasteiger charge is -2.32. The van der Waals surface area contributed by atoms with E-state index in [4.69, 9.17) is 0 Å². The molecule has 0 aliphatic carbocycles. The molecule has 7 heteroatoms. The zero-order valence-corrected chi connectivity index (χ0v) is 14.5. The van der Waals surface area contributed by atoms with Gasteiger partial charge in [-0.05, 0) is 38.3 Å². The highest BCUT2D eigenvalue weighted by atomic mass is 32.1. The third kappa shape index (κ3) is 3.31. The lowest BCUT2D eigenvalue weighted by molar-refractivity contribution is -0.384. The number of thiazole rings is 1. The molecule has 1 aliphatic rings. The van der Waals surface area contributed by atoms with Gasteiger partial charge >= 0.3 is 0 Å². The van der Waals surface area contributed by atoms with Gasteiger partial charge in [-0.15, -0.1) is 11.3 Å². The average molecular weight is 345 g/mol. The molecule has 0 N–H and O–H groups in total. The molecule has 0 saturated carbocycles. The summed E-state index contributed by atoms with van der Waals surface area (Å²) < 4.78 is 0. The molecule has 1 saturated heterocycles. The fourth-order valence-corrected chi connectivity index (χ4v) is 4.00. The summed E-state index contributed by atoms with van der Waals surface area (Å²) in [5.74, 6) is 0.222. The zero-order valence-electron chi connectivity index (χ0n) is 13.7. The average Bonchev–Trinajstić information content (AvgIpc) is 3.01. The van der Waals surface area contributed by atoms with E-state index in [2.05, 4.69) is 4.98 Å². The summed E-state index contributed by atoms with van der Waals surface area (Å²) in [6, 6.07) is 4.41. The number of carbonyl (C=O) groups is 1. The lowest BCUT2D eigenvalue weighted by Crippen LogP contribution is -2.39. The number of nitro groups is 1. The van der Waals surface area contributed by atoms with Gasteiger partial charge < -0.3 is 4.90 Å². The van der Waals surface area contributed by atoms with Gasteiger partial charge in [0.2, 0.25) is 0 Å². The van der Waals surface area contributed by atoms with Crippen molar-refractivity contribution in [2.75, 3.05) is 13.1 Å². The molecule has 0 spiro atoms. The summed E-state index contributed by atoms with van der Waals surface area (Å²) in [5.41, 5.74) is 1.19. The van der Waals surface area contributed by atoms with E-state index in [9.17, 15) is 14.9 Å². The summed E-state index contributed by atoms with van der Waals surface area (Å²) >= 11 is 1.69. The summed E-state index contributed by atoms with van der Waals surface area (Å²) in [4.78, 5) is 30.7. The van der Waals surface area contributed by atoms with Crippen molar-refractivity contribution in [1.82, 2.24) is 9.88 Å². The Morgan fingerprint density at radius 2 is 2.21 bits per heavy atom. The molecule has 6 nitrogen and oxygen atoms in total. The van der Waals surface area contributed by atoms with Crippen LogP contribution in [0.2, 0.25) is 0 Å². The highest BCUT2D eigenvalue weighted by Gasteiger charge is 2.28. The zero-order chi connectivity index (χ0) is 17.3. The minimum absolute atomic E-state index is 0.0128. The Morgan fingerprint density at radius 3 is 2.83 bits per heavy atom. The molecule has 0 unspecified atom stereocenters. The van der Waals surface area contributed by atoms with Crippen LogP contribution in [0.15, 0.2) is 24.4 Å². The monoisotopic (exact) mass is 345 g/mol. The fourth-order valence-electron chi connectivity index (χ4n) is 3.10. The topological polar surface area (TPSA) is 76.3 Å². The van der Waals surface area contributed by atoms with Crippen LogP contribution in [0.5, 0.6) is 0 Å². The molecule has 24 heavy (non-hydrogen) atoms. The molecule has 1 aliphatic heterocycles. The number of aromatic nitrogens is 1. The molecular weight excluding hydrogens is 326 g/mol. The van der Waals surface area contributed by atoms with Crippen LogP contribution in [0.3, 0.4) is 0 Å². The number of rotatable bonds is 3. The molecule has 0 bridgehead atoms. The Kier molecular flexibility index (Phi) is 4.62. The number of nitro benzene ring substituents is 1. The summed E-state index contributed by atoms with van der Waals surface area (Å²) in [7, 11) is 0. The van der Waals surface area contributed by atoms with E-state index in [1.807, 2.05) is 18.0 Å². The van der Waals surface area contributed by atoms with Crippen molar-refractivity contribution in [3.63, 3.8) is 0 Å². The van der Waals surface area contributed by atoms with Crippen LogP contribution in [0.25, 0.3) is 0 Å². The minimum atomic E-state index is -0.441. The molecule has 1 aromatic heterocycles. The predicted molar refractivity (Wildman–Crippen MR) is 92.6 cm³/mol. The Hall–Kier alpha value is -2.28. The number of nitrogens with zero attached hydrogens (tertiary/aromatic N) is 3. The van der Waals surface area contributed by atoms with E-state index in [-0.39, 0.29) is 17.5 Å². The quantitative estimate of drug-likeness (QED) is 0.628. The number of non-ortho nitro benzene ring substituents is 1. The van der Waals surface area contributed by atoms with E-state index in [1.54, 1.807) is 24.3 Å². The van der Waals surface area contributed by atoms with Crippen molar-refractivity contribution >= 4 is 22.9 Å². The first-order valence-corrected chi connectivity index (χ1v) is 8.74. The molecule has 1 amide bonds. The van der Waals surface area contributed by atoms with Crippen molar-refractivity contribution in [1.29, 1.82) is 0 Å². The van der Waals surface area contributed by atoms with Gasteiger partial charge in [0.15, 0.2) is 0 Å². The normalized spacial score (nSPS) is 17.8. The second-order valence-electron chi connectivity index (χ2n) is 6.16. The number of amides is 1. The van der Waals surface area contributed by atoms with Gasteiger partial charge in [-0.25, -0.2) is 4.98 Å². The number of hydrogen-bond donors (Lipinski definition) is 0. The van der Waals surface area contributed by atoms with Crippen LogP contribution < -0.4 is 0 Å². The molecule has 1 atom stereocenters. The van der Waals surface area contributed by atoms with Gasteiger partial charge in [-0.1, -0.05) is 0 Å². The number of hydrogen-bond acceptors (Lipinski definition) is 5. The largest absolute Gasteiger partial charge is 0.338 e. The molecule has 1 aromatic carbocycles. The molecular formula is C17H19N3O3S. The number of likely N-dealkylation sites (tertiary alicyclic amines) is 1. The van der Waals surface area contributed by atoms with Gasteiger partial charge in [0.05, 0.1) is 9.93 Å². The summed E-state index contributed by atoms with van der Waals surface area (Å²) in [6.07, 6.45) is 3.86. The van der Waals surface area contributed by atoms with E-state index >= 15 is 0 Å². The summed E-state index contributed by atoms with van der Waals surface area (Å²) in [6.45, 7) is 5.15. The molecule has 1 fully saturated rings. The third-order valence-corrected chi connectivity index (χ3v) is 5.42. The van der Waals surface area contributed by atoms with Crippen molar-refractivity contribution in [3.8, 4) is 0 Å². The molecule has 126 valence electrons. The Balaban J connectivity index is 1.78. The van der Waals surface area contributed by atoms with Crippen molar-refractivity contribution in [3.05, 3.63) is 55.5 Å². The minimum Gasteiger partial charge on any atom is -0.338 e. The van der Waals surface area contributed by atoms with Crippen molar-refractivity contribution in [2.24, 2.45) is 0 Å². The Labute approximate surface area is 144 Å². The van der Waals surface area contributed by atoms with Crippen LogP contribution in [0.4, 0.5) is 5.69 Å². The van der Waals surface area contributed by atoms with Gasteiger partial charge in [0, 0.05) is 47.8 Å². The number of aryl methyl sites for hydroxylation is 2. The van der Waals surface area contributed by atoms with Crippen LogP contribution in [-0.4, -0.2) is 33.8 Å². The second kappa shape index (κ2) is 6.68. The molecule has 0 radical (unpaired) electrons. The van der Waals surface area contributed by atoms with Crippen LogP contribution >= 0.6 is 11.3 Å². The van der Waals surface area contributed by atoms with E-state index in [1.165, 1.54) is 17.0 Å². The smallest absolute Gasteiger partial charge is 0.269 e. The Morgan fingerprint density at radius 1 is 1.42 bits per heavy atom. The van der Waals surface area contributed by atoms with Crippen molar-refractivity contribution in [2.45, 2.75) is 32.6 Å². The third-order valence-electron chi connectivity index (χ3n) is 4.35. The summed E-state index contributed by atoms with van der Waals surface area (Å²) in [5, 5.41) is 11.9. The lowest BCUT2D eigenvalue weighted by atomic mass is 9.97. The van der Waals surface area contributed by atoms with Gasteiger partial charge in [0.25, 0.3) is 11.6 Å². The standard InChI is InChI=1S/C17H19N3O3S/c1-11-8-14(20(22)23)5-6-15(11)17(21)19-7-3-4-13(10-19)16-18-9-12(2)24-16/h5-6,8-9,13H,3-4,7,10H2,1-2H3/t13-/m0/s1. The number of carbonyl (C=O) groups excluding carboxylic acids is 1. The highest BCUT2D eigenvalue weighted by molar-refractivity contribution is 7.11. The first-order chi connectivity index (χ1) is 11.5. The maximum Gasteiger partial charge on any atom is 0.269 e. The van der Waals surface area contributed by atoms with E-state index in [0.717, 1.165) is 24.4 Å². The van der Waals surface area contributed by atoms with Crippen molar-refractivity contribution < 1.29 is 9.72 Å². The van der Waals surface area contributed by atoms with Crippen LogP contribution in [0, 0.1) is 24.0 Å². The van der Waals surface area contributed by atoms with Gasteiger partial charge in [-0.2, -0.15) is 0 Å². The SMILES string of the molecule is Cc1cnc([C@H]2CCCN(C(=O)c3ccc([N+](=O)[O-])cc3C)C2)s1. The van der Waals surface area contributed by atoms with Crippen LogP contribution in [0.1, 0.15) is 44.6 Å². The fraction of sp³-hybridized carbons (Fsp3) is 0.412. The van der Waals surface area contributed by atoms with Gasteiger partial charge in [0.1, 0.15) is 0 Å². The molecule has 2 heterocycles. The van der Waals surface area contributed by atoms with Gasteiger partial charge in [-0.3, -0.25) is 14.9 Å². The maximum atomic E-state index is 12.8. The predicted octanol–water partition coefficient (Wildman–Crippen LogP) is 3.69. The van der Waals surface area contributed by atoms with E-state index in [0.29, 0.717) is 17.7 Å². The van der Waals surface area contributed by atoms with Crippen LogP contribution in [-0.2, 0) is 0 Å².